The topological polar surface area (TPSA) is 79.3 Å². The van der Waals surface area contributed by atoms with Crippen LogP contribution in [0.2, 0.25) is 0 Å². The number of benzene rings is 1. The summed E-state index contributed by atoms with van der Waals surface area (Å²) in [6.45, 7) is 5.63. The van der Waals surface area contributed by atoms with Crippen molar-refractivity contribution in [3.63, 3.8) is 0 Å². The van der Waals surface area contributed by atoms with Crippen molar-refractivity contribution in [2.24, 2.45) is 5.92 Å². The highest BCUT2D eigenvalue weighted by atomic mass is 16.6. The summed E-state index contributed by atoms with van der Waals surface area (Å²) in [6.07, 6.45) is 0.476. The van der Waals surface area contributed by atoms with Crippen LogP contribution in [0.1, 0.15) is 31.9 Å². The van der Waals surface area contributed by atoms with Crippen molar-refractivity contribution in [1.82, 2.24) is 0 Å². The van der Waals surface area contributed by atoms with Crippen LogP contribution >= 0.6 is 0 Å². The van der Waals surface area contributed by atoms with Crippen LogP contribution in [-0.2, 0) is 26.3 Å². The summed E-state index contributed by atoms with van der Waals surface area (Å²) in [5.41, 5.74) is 2.00. The van der Waals surface area contributed by atoms with Crippen LogP contribution < -0.4 is 0 Å². The summed E-state index contributed by atoms with van der Waals surface area (Å²) < 4.78 is 10.2. The van der Waals surface area contributed by atoms with Crippen molar-refractivity contribution < 1.29 is 24.5 Å². The van der Waals surface area contributed by atoms with E-state index in [1.165, 1.54) is 7.11 Å². The Morgan fingerprint density at radius 1 is 1.39 bits per heavy atom. The van der Waals surface area contributed by atoms with Crippen LogP contribution in [0.15, 0.2) is 35.9 Å². The lowest BCUT2D eigenvalue weighted by Gasteiger charge is -2.18. The van der Waals surface area contributed by atoms with Gasteiger partial charge >= 0.3 is 5.97 Å². The first-order chi connectivity index (χ1) is 10.8. The molecule has 0 spiro atoms. The van der Waals surface area contributed by atoms with E-state index in [0.29, 0.717) is 12.0 Å². The number of hydrogen-bond acceptors (Lipinski definition) is 5. The first-order valence-electron chi connectivity index (χ1n) is 7.70. The molecule has 23 heavy (non-hydrogen) atoms. The summed E-state index contributed by atoms with van der Waals surface area (Å²) in [5, 5.41) is 18.7. The molecule has 5 heteroatoms. The summed E-state index contributed by atoms with van der Waals surface area (Å²) in [7, 11) is 1.35. The fourth-order valence-corrected chi connectivity index (χ4v) is 2.94. The van der Waals surface area contributed by atoms with Crippen LogP contribution in [0.4, 0.5) is 0 Å². The standard InChI is InChI=1S/C18H24O5/c1-5-14(16(19)20)11(2)10-12-6-8-13(9-7-12)18(3)15(23-18)17(21)22-4/h5-9,11,15-16,19-20H,10H2,1-4H3. The molecule has 2 rings (SSSR count). The average Bonchev–Trinajstić information content (AvgIpc) is 3.20. The smallest absolute Gasteiger partial charge is 0.338 e. The van der Waals surface area contributed by atoms with Gasteiger partial charge in [-0.25, -0.2) is 4.79 Å². The SMILES string of the molecule is CC=C(C(O)O)C(C)Cc1ccc(C2(C)OC2C(=O)OC)cc1. The quantitative estimate of drug-likeness (QED) is 0.362. The van der Waals surface area contributed by atoms with Crippen LogP contribution in [0.25, 0.3) is 0 Å². The van der Waals surface area contributed by atoms with Crippen LogP contribution in [0.3, 0.4) is 0 Å². The molecule has 0 bridgehead atoms. The zero-order valence-electron chi connectivity index (χ0n) is 13.9. The highest BCUT2D eigenvalue weighted by Gasteiger charge is 2.59. The first-order valence-corrected chi connectivity index (χ1v) is 7.70. The van der Waals surface area contributed by atoms with Gasteiger partial charge in [0.15, 0.2) is 12.4 Å². The van der Waals surface area contributed by atoms with E-state index in [0.717, 1.165) is 11.1 Å². The van der Waals surface area contributed by atoms with Crippen molar-refractivity contribution in [1.29, 1.82) is 0 Å². The third-order valence-electron chi connectivity index (χ3n) is 4.49. The number of esters is 1. The first kappa shape index (κ1) is 17.7. The maximum Gasteiger partial charge on any atom is 0.338 e. The molecule has 1 heterocycles. The van der Waals surface area contributed by atoms with Gasteiger partial charge in [0, 0.05) is 0 Å². The number of aliphatic hydroxyl groups is 2. The lowest BCUT2D eigenvalue weighted by atomic mass is 9.90. The van der Waals surface area contributed by atoms with E-state index in [2.05, 4.69) is 0 Å². The van der Waals surface area contributed by atoms with Crippen LogP contribution in [-0.4, -0.2) is 35.7 Å². The third kappa shape index (κ3) is 3.63. The van der Waals surface area contributed by atoms with E-state index in [9.17, 15) is 15.0 Å². The molecule has 0 saturated carbocycles. The Labute approximate surface area is 136 Å². The van der Waals surface area contributed by atoms with Gasteiger partial charge in [-0.3, -0.25) is 0 Å². The minimum absolute atomic E-state index is 0.0291. The van der Waals surface area contributed by atoms with Crippen LogP contribution in [0.5, 0.6) is 0 Å². The lowest BCUT2D eigenvalue weighted by Crippen LogP contribution is -2.18. The molecule has 5 nitrogen and oxygen atoms in total. The number of carbonyl (C=O) groups excluding carboxylic acids is 1. The zero-order valence-corrected chi connectivity index (χ0v) is 13.9. The van der Waals surface area contributed by atoms with Gasteiger partial charge in [-0.05, 0) is 42.9 Å². The largest absolute Gasteiger partial charge is 0.467 e. The number of carbonyl (C=O) groups is 1. The molecule has 0 radical (unpaired) electrons. The normalized spacial score (nSPS) is 25.3. The Balaban J connectivity index is 2.05. The maximum absolute atomic E-state index is 11.5. The molecular formula is C18H24O5. The fraction of sp³-hybridized carbons (Fsp3) is 0.500. The average molecular weight is 320 g/mol. The van der Waals surface area contributed by atoms with E-state index in [1.807, 2.05) is 38.1 Å². The third-order valence-corrected chi connectivity index (χ3v) is 4.49. The highest BCUT2D eigenvalue weighted by molar-refractivity contribution is 5.79. The molecule has 0 amide bonds. The molecule has 0 aliphatic carbocycles. The number of allylic oxidation sites excluding steroid dienone is 1. The van der Waals surface area contributed by atoms with Gasteiger partial charge in [0.2, 0.25) is 0 Å². The van der Waals surface area contributed by atoms with Gasteiger partial charge in [0.05, 0.1) is 7.11 Å². The number of epoxide rings is 1. The molecule has 3 atom stereocenters. The molecule has 1 aromatic carbocycles. The predicted octanol–water partition coefficient (Wildman–Crippen LogP) is 1.91. The van der Waals surface area contributed by atoms with Crippen molar-refractivity contribution in [2.75, 3.05) is 7.11 Å². The Morgan fingerprint density at radius 3 is 2.48 bits per heavy atom. The Hall–Kier alpha value is -1.69. The molecule has 1 fully saturated rings. The number of methoxy groups -OCH3 is 1. The number of aliphatic hydroxyl groups excluding tert-OH is 1. The van der Waals surface area contributed by atoms with Gasteiger partial charge in [0.1, 0.15) is 5.60 Å². The van der Waals surface area contributed by atoms with Crippen molar-refractivity contribution in [2.45, 2.75) is 45.2 Å². The molecule has 1 aliphatic heterocycles. The van der Waals surface area contributed by atoms with E-state index < -0.39 is 18.0 Å². The predicted molar refractivity (Wildman–Crippen MR) is 85.5 cm³/mol. The molecule has 2 N–H and O–H groups in total. The van der Waals surface area contributed by atoms with Gasteiger partial charge in [0.25, 0.3) is 0 Å². The highest BCUT2D eigenvalue weighted by Crippen LogP contribution is 2.46. The number of rotatable bonds is 6. The monoisotopic (exact) mass is 320 g/mol. The molecular weight excluding hydrogens is 296 g/mol. The molecule has 3 unspecified atom stereocenters. The molecule has 0 aromatic heterocycles. The van der Waals surface area contributed by atoms with E-state index >= 15 is 0 Å². The summed E-state index contributed by atoms with van der Waals surface area (Å²) in [6, 6.07) is 7.83. The molecule has 1 aliphatic rings. The minimum atomic E-state index is -1.42. The number of hydrogen-bond donors (Lipinski definition) is 2. The Morgan fingerprint density at radius 2 is 2.00 bits per heavy atom. The summed E-state index contributed by atoms with van der Waals surface area (Å²) in [5.74, 6) is -0.332. The zero-order chi connectivity index (χ0) is 17.2. The minimum Gasteiger partial charge on any atom is -0.467 e. The molecule has 1 saturated heterocycles. The maximum atomic E-state index is 11.5. The summed E-state index contributed by atoms with van der Waals surface area (Å²) >= 11 is 0. The van der Waals surface area contributed by atoms with Crippen molar-refractivity contribution in [3.8, 4) is 0 Å². The Kier molecular flexibility index (Phi) is 5.24. The lowest BCUT2D eigenvalue weighted by molar-refractivity contribution is -0.142. The second-order valence-electron chi connectivity index (χ2n) is 6.09. The number of ether oxygens (including phenoxy) is 2. The Bertz CT molecular complexity index is 590. The van der Waals surface area contributed by atoms with Crippen molar-refractivity contribution >= 4 is 5.97 Å². The van der Waals surface area contributed by atoms with E-state index in [-0.39, 0.29) is 11.9 Å². The second-order valence-corrected chi connectivity index (χ2v) is 6.09. The van der Waals surface area contributed by atoms with Gasteiger partial charge < -0.3 is 19.7 Å². The van der Waals surface area contributed by atoms with Gasteiger partial charge in [-0.2, -0.15) is 0 Å². The summed E-state index contributed by atoms with van der Waals surface area (Å²) in [4.78, 5) is 11.5. The molecule has 1 aromatic rings. The van der Waals surface area contributed by atoms with E-state index in [4.69, 9.17) is 9.47 Å². The van der Waals surface area contributed by atoms with Crippen LogP contribution in [0, 0.1) is 5.92 Å². The second kappa shape index (κ2) is 6.83. The van der Waals surface area contributed by atoms with Crippen molar-refractivity contribution in [3.05, 3.63) is 47.0 Å². The molecule has 126 valence electrons. The van der Waals surface area contributed by atoms with Gasteiger partial charge in [-0.1, -0.05) is 37.3 Å². The van der Waals surface area contributed by atoms with E-state index in [1.54, 1.807) is 13.0 Å². The fourth-order valence-electron chi connectivity index (χ4n) is 2.94. The van der Waals surface area contributed by atoms with Gasteiger partial charge in [-0.15, -0.1) is 0 Å².